The molecule has 1 aromatic carbocycles. The molecule has 0 saturated heterocycles. The average molecular weight is 360 g/mol. The lowest BCUT2D eigenvalue weighted by atomic mass is 10.0. The van der Waals surface area contributed by atoms with Crippen LogP contribution in [-0.4, -0.2) is 24.9 Å². The molecular weight excluding hydrogens is 340 g/mol. The Morgan fingerprint density at radius 2 is 1.84 bits per heavy atom. The molecule has 1 heterocycles. The minimum atomic E-state index is -0.788. The first kappa shape index (κ1) is 18.7. The van der Waals surface area contributed by atoms with Crippen LogP contribution in [0.5, 0.6) is 0 Å². The quantitative estimate of drug-likeness (QED) is 0.634. The van der Waals surface area contributed by atoms with Crippen LogP contribution >= 0.6 is 11.3 Å². The van der Waals surface area contributed by atoms with Gasteiger partial charge in [-0.1, -0.05) is 26.0 Å². The first-order valence-corrected chi connectivity index (χ1v) is 8.64. The molecular formula is C18H20N2O4S. The molecule has 2 aromatic rings. The number of ether oxygens (including phenoxy) is 1. The van der Waals surface area contributed by atoms with Gasteiger partial charge in [-0.2, -0.15) is 0 Å². The van der Waals surface area contributed by atoms with Gasteiger partial charge >= 0.3 is 17.8 Å². The maximum absolute atomic E-state index is 12.2. The van der Waals surface area contributed by atoms with Crippen LogP contribution in [0.4, 0.5) is 5.69 Å². The topological polar surface area (TPSA) is 84.5 Å². The predicted octanol–water partition coefficient (Wildman–Crippen LogP) is 2.99. The van der Waals surface area contributed by atoms with Gasteiger partial charge in [0.15, 0.2) is 0 Å². The summed E-state index contributed by atoms with van der Waals surface area (Å²) in [5, 5.41) is 7.18. The summed E-state index contributed by atoms with van der Waals surface area (Å²) in [7, 11) is 1.28. The van der Waals surface area contributed by atoms with Crippen molar-refractivity contribution < 1.29 is 19.1 Å². The van der Waals surface area contributed by atoms with Gasteiger partial charge < -0.3 is 15.4 Å². The van der Waals surface area contributed by atoms with E-state index in [1.807, 2.05) is 31.4 Å². The Hall–Kier alpha value is -2.67. The van der Waals surface area contributed by atoms with Crippen LogP contribution in [0.2, 0.25) is 0 Å². The van der Waals surface area contributed by atoms with Crippen LogP contribution in [0.15, 0.2) is 41.8 Å². The highest BCUT2D eigenvalue weighted by molar-refractivity contribution is 7.10. The number of anilines is 1. The summed E-state index contributed by atoms with van der Waals surface area (Å²) < 4.78 is 4.63. The molecule has 6 nitrogen and oxygen atoms in total. The number of amides is 2. The number of hydrogen-bond acceptors (Lipinski definition) is 5. The van der Waals surface area contributed by atoms with Crippen molar-refractivity contribution in [2.45, 2.75) is 19.9 Å². The molecule has 1 aromatic heterocycles. The zero-order valence-corrected chi connectivity index (χ0v) is 15.1. The molecule has 25 heavy (non-hydrogen) atoms. The molecule has 0 aliphatic heterocycles. The van der Waals surface area contributed by atoms with Gasteiger partial charge in [0.05, 0.1) is 18.7 Å². The SMILES string of the molecule is COC(=O)c1cccc(NC(=O)C(=O)NC(c2cccs2)C(C)C)c1. The third-order valence-electron chi connectivity index (χ3n) is 3.55. The van der Waals surface area contributed by atoms with E-state index in [1.54, 1.807) is 18.2 Å². The van der Waals surface area contributed by atoms with E-state index in [2.05, 4.69) is 15.4 Å². The minimum absolute atomic E-state index is 0.137. The fourth-order valence-electron chi connectivity index (χ4n) is 2.27. The molecule has 7 heteroatoms. The zero-order valence-electron chi connectivity index (χ0n) is 14.2. The highest BCUT2D eigenvalue weighted by Crippen LogP contribution is 2.25. The van der Waals surface area contributed by atoms with E-state index < -0.39 is 17.8 Å². The summed E-state index contributed by atoms with van der Waals surface area (Å²) in [6.45, 7) is 3.95. The third-order valence-corrected chi connectivity index (χ3v) is 4.51. The lowest BCUT2D eigenvalue weighted by Gasteiger charge is -2.20. The van der Waals surface area contributed by atoms with Crippen molar-refractivity contribution in [3.05, 3.63) is 52.2 Å². The third kappa shape index (κ3) is 4.90. The van der Waals surface area contributed by atoms with E-state index in [4.69, 9.17) is 0 Å². The zero-order chi connectivity index (χ0) is 18.4. The molecule has 1 unspecified atom stereocenters. The summed E-state index contributed by atoms with van der Waals surface area (Å²) in [4.78, 5) is 36.9. The van der Waals surface area contributed by atoms with E-state index in [-0.39, 0.29) is 12.0 Å². The summed E-state index contributed by atoms with van der Waals surface area (Å²) in [6, 6.07) is 9.80. The van der Waals surface area contributed by atoms with Crippen LogP contribution in [0, 0.1) is 5.92 Å². The largest absolute Gasteiger partial charge is 0.465 e. The van der Waals surface area contributed by atoms with Crippen molar-refractivity contribution in [1.29, 1.82) is 0 Å². The first-order chi connectivity index (χ1) is 11.9. The van der Waals surface area contributed by atoms with Crippen LogP contribution in [-0.2, 0) is 14.3 Å². The highest BCUT2D eigenvalue weighted by atomic mass is 32.1. The minimum Gasteiger partial charge on any atom is -0.465 e. The monoisotopic (exact) mass is 360 g/mol. The molecule has 0 spiro atoms. The van der Waals surface area contributed by atoms with Crippen LogP contribution in [0.3, 0.4) is 0 Å². The molecule has 0 bridgehead atoms. The maximum Gasteiger partial charge on any atom is 0.337 e. The van der Waals surface area contributed by atoms with Gasteiger partial charge in [-0.05, 0) is 35.6 Å². The van der Waals surface area contributed by atoms with Crippen molar-refractivity contribution in [3.63, 3.8) is 0 Å². The van der Waals surface area contributed by atoms with Gasteiger partial charge in [-0.15, -0.1) is 11.3 Å². The van der Waals surface area contributed by atoms with Crippen molar-refractivity contribution in [1.82, 2.24) is 5.32 Å². The van der Waals surface area contributed by atoms with Crippen molar-refractivity contribution >= 4 is 34.8 Å². The standard InChI is InChI=1S/C18H20N2O4S/c1-11(2)15(14-8-5-9-25-14)20-17(22)16(21)19-13-7-4-6-12(10-13)18(23)24-3/h4-11,15H,1-3H3,(H,19,21)(H,20,22). The van der Waals surface area contributed by atoms with Gasteiger partial charge in [0.2, 0.25) is 0 Å². The molecule has 2 rings (SSSR count). The second-order valence-corrected chi connectivity index (χ2v) is 6.72. The summed E-state index contributed by atoms with van der Waals surface area (Å²) in [5.74, 6) is -1.89. The second-order valence-electron chi connectivity index (χ2n) is 5.74. The number of hydrogen-bond donors (Lipinski definition) is 2. The fourth-order valence-corrected chi connectivity index (χ4v) is 3.22. The Morgan fingerprint density at radius 1 is 1.08 bits per heavy atom. The van der Waals surface area contributed by atoms with Crippen molar-refractivity contribution in [2.24, 2.45) is 5.92 Å². The summed E-state index contributed by atoms with van der Waals surface area (Å²) in [6.07, 6.45) is 0. The molecule has 2 amide bonds. The molecule has 0 fully saturated rings. The van der Waals surface area contributed by atoms with Crippen LogP contribution in [0.25, 0.3) is 0 Å². The second kappa shape index (κ2) is 8.43. The van der Waals surface area contributed by atoms with E-state index in [0.29, 0.717) is 11.3 Å². The van der Waals surface area contributed by atoms with E-state index in [1.165, 1.54) is 24.5 Å². The smallest absolute Gasteiger partial charge is 0.337 e. The number of esters is 1. The lowest BCUT2D eigenvalue weighted by molar-refractivity contribution is -0.136. The average Bonchev–Trinajstić information content (AvgIpc) is 3.12. The maximum atomic E-state index is 12.2. The number of carbonyl (C=O) groups excluding carboxylic acids is 3. The molecule has 2 N–H and O–H groups in total. The van der Waals surface area contributed by atoms with Gasteiger partial charge in [0, 0.05) is 10.6 Å². The molecule has 1 atom stereocenters. The van der Waals surface area contributed by atoms with Crippen LogP contribution in [0.1, 0.15) is 35.1 Å². The summed E-state index contributed by atoms with van der Waals surface area (Å²) >= 11 is 1.53. The predicted molar refractivity (Wildman–Crippen MR) is 96.5 cm³/mol. The van der Waals surface area contributed by atoms with Crippen molar-refractivity contribution in [2.75, 3.05) is 12.4 Å². The van der Waals surface area contributed by atoms with Crippen molar-refractivity contribution in [3.8, 4) is 0 Å². The Balaban J connectivity index is 2.05. The number of nitrogens with one attached hydrogen (secondary N) is 2. The Morgan fingerprint density at radius 3 is 2.44 bits per heavy atom. The van der Waals surface area contributed by atoms with E-state index in [9.17, 15) is 14.4 Å². The number of methoxy groups -OCH3 is 1. The molecule has 132 valence electrons. The number of carbonyl (C=O) groups is 3. The number of benzene rings is 1. The van der Waals surface area contributed by atoms with Gasteiger partial charge in [-0.3, -0.25) is 9.59 Å². The lowest BCUT2D eigenvalue weighted by Crippen LogP contribution is -2.39. The fraction of sp³-hybridized carbons (Fsp3) is 0.278. The van der Waals surface area contributed by atoms with Gasteiger partial charge in [-0.25, -0.2) is 4.79 Å². The Bertz CT molecular complexity index is 756. The molecule has 0 aliphatic carbocycles. The molecule has 0 radical (unpaired) electrons. The van der Waals surface area contributed by atoms with Crippen LogP contribution < -0.4 is 10.6 Å². The number of rotatable bonds is 5. The van der Waals surface area contributed by atoms with E-state index >= 15 is 0 Å². The first-order valence-electron chi connectivity index (χ1n) is 7.76. The molecule has 0 aliphatic rings. The van der Waals surface area contributed by atoms with Gasteiger partial charge in [0.25, 0.3) is 0 Å². The molecule has 0 saturated carbocycles. The number of thiophene rings is 1. The van der Waals surface area contributed by atoms with Gasteiger partial charge in [0.1, 0.15) is 0 Å². The normalized spacial score (nSPS) is 11.7. The van der Waals surface area contributed by atoms with E-state index in [0.717, 1.165) is 4.88 Å². The Labute approximate surface area is 150 Å². The summed E-state index contributed by atoms with van der Waals surface area (Å²) in [5.41, 5.74) is 0.639. The Kier molecular flexibility index (Phi) is 6.30. The highest BCUT2D eigenvalue weighted by Gasteiger charge is 2.23.